The van der Waals surface area contributed by atoms with E-state index in [1.807, 2.05) is 16.5 Å². The molecule has 3 heterocycles. The molecule has 0 bridgehead atoms. The van der Waals surface area contributed by atoms with E-state index < -0.39 is 0 Å². The second-order valence-electron chi connectivity index (χ2n) is 5.64. The highest BCUT2D eigenvalue weighted by Gasteiger charge is 2.19. The Labute approximate surface area is 145 Å². The van der Waals surface area contributed by atoms with E-state index in [0.717, 1.165) is 44.2 Å². The first kappa shape index (κ1) is 16.6. The summed E-state index contributed by atoms with van der Waals surface area (Å²) < 4.78 is 0. The molecule has 0 aromatic carbocycles. The van der Waals surface area contributed by atoms with Crippen molar-refractivity contribution in [3.8, 4) is 0 Å². The maximum Gasteiger partial charge on any atom is 0.222 e. The van der Waals surface area contributed by atoms with E-state index in [9.17, 15) is 4.79 Å². The number of amides is 1. The fourth-order valence-electron chi connectivity index (χ4n) is 2.72. The third kappa shape index (κ3) is 4.64. The molecule has 1 aliphatic heterocycles. The van der Waals surface area contributed by atoms with Gasteiger partial charge in [-0.25, -0.2) is 15.0 Å². The maximum atomic E-state index is 12.4. The average Bonchev–Trinajstić information content (AvgIpc) is 3.04. The second kappa shape index (κ2) is 8.58. The number of aromatic nitrogens is 3. The number of hydrogen-bond donors (Lipinski definition) is 1. The molecular formula is C16H22N6OS. The van der Waals surface area contributed by atoms with Gasteiger partial charge in [-0.3, -0.25) is 4.79 Å². The number of rotatable bonds is 6. The Hall–Kier alpha value is -2.22. The van der Waals surface area contributed by atoms with Crippen molar-refractivity contribution in [1.29, 1.82) is 0 Å². The summed E-state index contributed by atoms with van der Waals surface area (Å²) in [6.45, 7) is 4.12. The fraction of sp³-hybridized carbons (Fsp3) is 0.500. The minimum Gasteiger partial charge on any atom is -0.354 e. The van der Waals surface area contributed by atoms with Gasteiger partial charge in [-0.15, -0.1) is 11.3 Å². The molecule has 8 heteroatoms. The van der Waals surface area contributed by atoms with Crippen LogP contribution in [0.25, 0.3) is 0 Å². The van der Waals surface area contributed by atoms with Gasteiger partial charge in [0.1, 0.15) is 0 Å². The SMILES string of the molecule is O=C(CCCNc1ncccn1)N1CCCN(c2nccs2)CC1. The molecule has 1 fully saturated rings. The third-order valence-corrected chi connectivity index (χ3v) is 4.79. The van der Waals surface area contributed by atoms with Gasteiger partial charge < -0.3 is 15.1 Å². The lowest BCUT2D eigenvalue weighted by atomic mass is 10.2. The lowest BCUT2D eigenvalue weighted by Crippen LogP contribution is -2.35. The summed E-state index contributed by atoms with van der Waals surface area (Å²) in [6.07, 6.45) is 7.55. The summed E-state index contributed by atoms with van der Waals surface area (Å²) in [5.74, 6) is 0.838. The molecule has 1 N–H and O–H groups in total. The van der Waals surface area contributed by atoms with Crippen LogP contribution in [0.5, 0.6) is 0 Å². The van der Waals surface area contributed by atoms with Gasteiger partial charge >= 0.3 is 0 Å². The molecule has 1 amide bonds. The van der Waals surface area contributed by atoms with Gasteiger partial charge in [-0.05, 0) is 18.9 Å². The molecule has 24 heavy (non-hydrogen) atoms. The lowest BCUT2D eigenvalue weighted by Gasteiger charge is -2.21. The molecule has 0 atom stereocenters. The van der Waals surface area contributed by atoms with E-state index in [1.54, 1.807) is 29.8 Å². The largest absolute Gasteiger partial charge is 0.354 e. The Balaban J connectivity index is 1.39. The maximum absolute atomic E-state index is 12.4. The molecule has 128 valence electrons. The second-order valence-corrected chi connectivity index (χ2v) is 6.51. The highest BCUT2D eigenvalue weighted by Crippen LogP contribution is 2.19. The van der Waals surface area contributed by atoms with E-state index in [1.165, 1.54) is 0 Å². The number of hydrogen-bond acceptors (Lipinski definition) is 7. The topological polar surface area (TPSA) is 74.2 Å². The lowest BCUT2D eigenvalue weighted by molar-refractivity contribution is -0.131. The Bertz CT molecular complexity index is 621. The smallest absolute Gasteiger partial charge is 0.222 e. The van der Waals surface area contributed by atoms with Crippen LogP contribution in [-0.2, 0) is 4.79 Å². The van der Waals surface area contributed by atoms with Crippen LogP contribution >= 0.6 is 11.3 Å². The molecule has 0 spiro atoms. The van der Waals surface area contributed by atoms with Gasteiger partial charge in [0, 0.05) is 63.1 Å². The molecule has 7 nitrogen and oxygen atoms in total. The number of carbonyl (C=O) groups excluding carboxylic acids is 1. The van der Waals surface area contributed by atoms with Crippen molar-refractivity contribution in [3.63, 3.8) is 0 Å². The van der Waals surface area contributed by atoms with Gasteiger partial charge in [0.05, 0.1) is 0 Å². The van der Waals surface area contributed by atoms with Crippen LogP contribution in [-0.4, -0.2) is 58.5 Å². The van der Waals surface area contributed by atoms with Crippen molar-refractivity contribution < 1.29 is 4.79 Å². The molecule has 1 aliphatic rings. The highest BCUT2D eigenvalue weighted by atomic mass is 32.1. The van der Waals surface area contributed by atoms with Crippen molar-refractivity contribution in [2.45, 2.75) is 19.3 Å². The normalized spacial score (nSPS) is 15.2. The fourth-order valence-corrected chi connectivity index (χ4v) is 3.42. The van der Waals surface area contributed by atoms with Crippen LogP contribution in [0.2, 0.25) is 0 Å². The first-order valence-electron chi connectivity index (χ1n) is 8.26. The third-order valence-electron chi connectivity index (χ3n) is 3.95. The molecule has 1 saturated heterocycles. The first-order valence-corrected chi connectivity index (χ1v) is 9.14. The molecule has 2 aromatic rings. The van der Waals surface area contributed by atoms with E-state index in [2.05, 4.69) is 25.2 Å². The molecule has 0 aliphatic carbocycles. The monoisotopic (exact) mass is 346 g/mol. The molecule has 0 saturated carbocycles. The number of thiazole rings is 1. The predicted molar refractivity (Wildman–Crippen MR) is 95.3 cm³/mol. The van der Waals surface area contributed by atoms with Crippen molar-refractivity contribution in [2.75, 3.05) is 42.9 Å². The summed E-state index contributed by atoms with van der Waals surface area (Å²) in [5.41, 5.74) is 0. The average molecular weight is 346 g/mol. The van der Waals surface area contributed by atoms with Crippen LogP contribution in [0.4, 0.5) is 11.1 Å². The van der Waals surface area contributed by atoms with Gasteiger partial charge in [0.25, 0.3) is 0 Å². The highest BCUT2D eigenvalue weighted by molar-refractivity contribution is 7.13. The predicted octanol–water partition coefficient (Wildman–Crippen LogP) is 1.86. The molecular weight excluding hydrogens is 324 g/mol. The van der Waals surface area contributed by atoms with Crippen LogP contribution in [0.15, 0.2) is 30.0 Å². The van der Waals surface area contributed by atoms with E-state index in [-0.39, 0.29) is 5.91 Å². The summed E-state index contributed by atoms with van der Waals surface area (Å²) >= 11 is 1.65. The van der Waals surface area contributed by atoms with Gasteiger partial charge in [0.15, 0.2) is 5.13 Å². The Morgan fingerprint density at radius 3 is 2.79 bits per heavy atom. The van der Waals surface area contributed by atoms with Crippen molar-refractivity contribution in [1.82, 2.24) is 19.9 Å². The summed E-state index contributed by atoms with van der Waals surface area (Å²) in [4.78, 5) is 29.2. The standard InChI is InChI=1S/C16H22N6OS/c23-14(4-1-5-17-15-18-6-2-7-19-15)21-9-3-10-22(12-11-21)16-20-8-13-24-16/h2,6-8,13H,1,3-5,9-12H2,(H,17,18,19). The first-order chi connectivity index (χ1) is 11.8. The van der Waals surface area contributed by atoms with Crippen molar-refractivity contribution in [2.24, 2.45) is 0 Å². The van der Waals surface area contributed by atoms with Crippen LogP contribution < -0.4 is 10.2 Å². The molecule has 0 unspecified atom stereocenters. The summed E-state index contributed by atoms with van der Waals surface area (Å²) in [7, 11) is 0. The van der Waals surface area contributed by atoms with Gasteiger partial charge in [-0.2, -0.15) is 0 Å². The quantitative estimate of drug-likeness (QED) is 0.805. The van der Waals surface area contributed by atoms with E-state index in [0.29, 0.717) is 18.9 Å². The number of anilines is 2. The van der Waals surface area contributed by atoms with Gasteiger partial charge in [-0.1, -0.05) is 0 Å². The minimum absolute atomic E-state index is 0.228. The van der Waals surface area contributed by atoms with Gasteiger partial charge in [0.2, 0.25) is 11.9 Å². The van der Waals surface area contributed by atoms with Crippen molar-refractivity contribution >= 4 is 28.3 Å². The van der Waals surface area contributed by atoms with E-state index >= 15 is 0 Å². The van der Waals surface area contributed by atoms with E-state index in [4.69, 9.17) is 0 Å². The zero-order valence-electron chi connectivity index (χ0n) is 13.6. The zero-order chi connectivity index (χ0) is 16.6. The summed E-state index contributed by atoms with van der Waals surface area (Å²) in [5, 5.41) is 6.18. The number of carbonyl (C=O) groups is 1. The van der Waals surface area contributed by atoms with Crippen LogP contribution in [0.3, 0.4) is 0 Å². The number of nitrogens with zero attached hydrogens (tertiary/aromatic N) is 5. The minimum atomic E-state index is 0.228. The van der Waals surface area contributed by atoms with Crippen LogP contribution in [0.1, 0.15) is 19.3 Å². The summed E-state index contributed by atoms with van der Waals surface area (Å²) in [6, 6.07) is 1.78. The molecule has 2 aromatic heterocycles. The number of nitrogens with one attached hydrogen (secondary N) is 1. The molecule has 0 radical (unpaired) electrons. The van der Waals surface area contributed by atoms with Crippen molar-refractivity contribution in [3.05, 3.63) is 30.0 Å². The zero-order valence-corrected chi connectivity index (χ0v) is 14.4. The van der Waals surface area contributed by atoms with Crippen LogP contribution in [0, 0.1) is 0 Å². The Kier molecular flexibility index (Phi) is 5.95. The Morgan fingerprint density at radius 1 is 1.12 bits per heavy atom. The Morgan fingerprint density at radius 2 is 2.00 bits per heavy atom. The molecule has 3 rings (SSSR count).